The van der Waals surface area contributed by atoms with Crippen LogP contribution in [-0.2, 0) is 14.3 Å². The molecule has 7 heteroatoms. The van der Waals surface area contributed by atoms with Gasteiger partial charge in [-0.15, -0.1) is 0 Å². The SMILES string of the molecule is CCNC(=O)[C@H](C)NC(=O)COC(=O)c1ccccc1C(=O)c1cc(C)ccc1C. The molecule has 2 amide bonds. The normalized spacial score (nSPS) is 11.3. The van der Waals surface area contributed by atoms with Crippen molar-refractivity contribution in [1.29, 1.82) is 0 Å². The second-order valence-electron chi connectivity index (χ2n) is 6.95. The fourth-order valence-electron chi connectivity index (χ4n) is 2.87. The van der Waals surface area contributed by atoms with Gasteiger partial charge in [-0.3, -0.25) is 14.4 Å². The maximum absolute atomic E-state index is 13.0. The maximum atomic E-state index is 13.0. The molecule has 0 radical (unpaired) electrons. The Morgan fingerprint density at radius 1 is 0.967 bits per heavy atom. The number of carbonyl (C=O) groups excluding carboxylic acids is 4. The average molecular weight is 410 g/mol. The van der Waals surface area contributed by atoms with Gasteiger partial charge in [-0.25, -0.2) is 4.79 Å². The highest BCUT2D eigenvalue weighted by molar-refractivity contribution is 6.15. The Bertz CT molecular complexity index is 968. The van der Waals surface area contributed by atoms with Gasteiger partial charge in [0, 0.05) is 17.7 Å². The molecule has 2 rings (SSSR count). The first kappa shape index (κ1) is 22.8. The lowest BCUT2D eigenvalue weighted by atomic mass is 9.94. The fourth-order valence-corrected chi connectivity index (χ4v) is 2.87. The van der Waals surface area contributed by atoms with Crippen molar-refractivity contribution in [3.8, 4) is 0 Å². The number of hydrogen-bond acceptors (Lipinski definition) is 5. The smallest absolute Gasteiger partial charge is 0.339 e. The molecular weight excluding hydrogens is 384 g/mol. The Hall–Kier alpha value is -3.48. The summed E-state index contributed by atoms with van der Waals surface area (Å²) in [6.07, 6.45) is 0. The molecule has 0 saturated heterocycles. The molecule has 2 aromatic carbocycles. The first-order valence-corrected chi connectivity index (χ1v) is 9.69. The highest BCUT2D eigenvalue weighted by Crippen LogP contribution is 2.19. The van der Waals surface area contributed by atoms with E-state index in [1.807, 2.05) is 26.0 Å². The van der Waals surface area contributed by atoms with Gasteiger partial charge in [0.2, 0.25) is 5.91 Å². The molecule has 0 unspecified atom stereocenters. The summed E-state index contributed by atoms with van der Waals surface area (Å²) < 4.78 is 5.08. The van der Waals surface area contributed by atoms with Crippen molar-refractivity contribution in [3.63, 3.8) is 0 Å². The molecule has 1 atom stereocenters. The number of esters is 1. The lowest BCUT2D eigenvalue weighted by Crippen LogP contribution is -2.46. The van der Waals surface area contributed by atoms with E-state index in [0.717, 1.165) is 11.1 Å². The summed E-state index contributed by atoms with van der Waals surface area (Å²) in [7, 11) is 0. The predicted octanol–water partition coefficient (Wildman–Crippen LogP) is 2.33. The summed E-state index contributed by atoms with van der Waals surface area (Å²) in [6.45, 7) is 6.90. The molecule has 158 valence electrons. The van der Waals surface area contributed by atoms with Crippen LogP contribution in [0.5, 0.6) is 0 Å². The van der Waals surface area contributed by atoms with Gasteiger partial charge in [-0.05, 0) is 45.4 Å². The predicted molar refractivity (Wildman–Crippen MR) is 112 cm³/mol. The van der Waals surface area contributed by atoms with Gasteiger partial charge in [0.25, 0.3) is 5.91 Å². The Morgan fingerprint density at radius 3 is 2.30 bits per heavy atom. The topological polar surface area (TPSA) is 102 Å². The van der Waals surface area contributed by atoms with Gasteiger partial charge < -0.3 is 15.4 Å². The second kappa shape index (κ2) is 10.3. The van der Waals surface area contributed by atoms with E-state index in [1.54, 1.807) is 31.2 Å². The zero-order valence-electron chi connectivity index (χ0n) is 17.6. The summed E-state index contributed by atoms with van der Waals surface area (Å²) in [5, 5.41) is 5.04. The van der Waals surface area contributed by atoms with E-state index < -0.39 is 24.5 Å². The number of benzene rings is 2. The van der Waals surface area contributed by atoms with Crippen molar-refractivity contribution in [1.82, 2.24) is 10.6 Å². The van der Waals surface area contributed by atoms with Crippen LogP contribution in [0, 0.1) is 13.8 Å². The Labute approximate surface area is 175 Å². The largest absolute Gasteiger partial charge is 0.452 e. The molecule has 0 heterocycles. The van der Waals surface area contributed by atoms with Crippen molar-refractivity contribution >= 4 is 23.6 Å². The molecule has 0 fully saturated rings. The summed E-state index contributed by atoms with van der Waals surface area (Å²) in [5.41, 5.74) is 2.51. The molecule has 2 aromatic rings. The highest BCUT2D eigenvalue weighted by atomic mass is 16.5. The third kappa shape index (κ3) is 5.76. The number of carbonyl (C=O) groups is 4. The molecule has 0 aliphatic heterocycles. The minimum Gasteiger partial charge on any atom is -0.452 e. The van der Waals surface area contributed by atoms with E-state index in [0.29, 0.717) is 12.1 Å². The Balaban J connectivity index is 2.11. The van der Waals surface area contributed by atoms with Crippen molar-refractivity contribution < 1.29 is 23.9 Å². The van der Waals surface area contributed by atoms with Gasteiger partial charge in [0.1, 0.15) is 6.04 Å². The summed E-state index contributed by atoms with van der Waals surface area (Å²) in [4.78, 5) is 49.2. The monoisotopic (exact) mass is 410 g/mol. The minimum atomic E-state index is -0.787. The van der Waals surface area contributed by atoms with Crippen molar-refractivity contribution in [3.05, 3.63) is 70.3 Å². The molecule has 0 aliphatic rings. The number of hydrogen-bond donors (Lipinski definition) is 2. The number of likely N-dealkylation sites (N-methyl/N-ethyl adjacent to an activating group) is 1. The highest BCUT2D eigenvalue weighted by Gasteiger charge is 2.22. The number of nitrogens with one attached hydrogen (secondary N) is 2. The van der Waals surface area contributed by atoms with Crippen LogP contribution in [0.2, 0.25) is 0 Å². The summed E-state index contributed by atoms with van der Waals surface area (Å²) >= 11 is 0. The standard InChI is InChI=1S/C23H26N2O5/c1-5-24-22(28)16(4)25-20(26)13-30-23(29)18-9-7-6-8-17(18)21(27)19-12-14(2)10-11-15(19)3/h6-12,16H,5,13H2,1-4H3,(H,24,28)(H,25,26)/t16-/m0/s1. The van der Waals surface area contributed by atoms with Gasteiger partial charge in [0.05, 0.1) is 5.56 Å². The molecule has 0 spiro atoms. The zero-order valence-corrected chi connectivity index (χ0v) is 17.6. The van der Waals surface area contributed by atoms with Crippen LogP contribution in [0.15, 0.2) is 42.5 Å². The fraction of sp³-hybridized carbons (Fsp3) is 0.304. The van der Waals surface area contributed by atoms with Gasteiger partial charge in [-0.1, -0.05) is 35.9 Å². The first-order valence-electron chi connectivity index (χ1n) is 9.69. The quantitative estimate of drug-likeness (QED) is 0.514. The maximum Gasteiger partial charge on any atom is 0.339 e. The molecule has 7 nitrogen and oxygen atoms in total. The summed E-state index contributed by atoms with van der Waals surface area (Å²) in [5.74, 6) is -2.02. The Kier molecular flexibility index (Phi) is 7.86. The van der Waals surface area contributed by atoms with Crippen LogP contribution in [0.25, 0.3) is 0 Å². The van der Waals surface area contributed by atoms with Crippen LogP contribution in [0.4, 0.5) is 0 Å². The third-order valence-electron chi connectivity index (χ3n) is 4.49. The third-order valence-corrected chi connectivity index (χ3v) is 4.49. The van der Waals surface area contributed by atoms with Gasteiger partial charge >= 0.3 is 5.97 Å². The van der Waals surface area contributed by atoms with E-state index in [4.69, 9.17) is 4.74 Å². The molecule has 0 aliphatic carbocycles. The Morgan fingerprint density at radius 2 is 1.63 bits per heavy atom. The molecule has 30 heavy (non-hydrogen) atoms. The average Bonchev–Trinajstić information content (AvgIpc) is 2.73. The first-order chi connectivity index (χ1) is 14.2. The second-order valence-corrected chi connectivity index (χ2v) is 6.95. The van der Waals surface area contributed by atoms with E-state index in [1.165, 1.54) is 13.0 Å². The number of aryl methyl sites for hydroxylation is 2. The molecule has 2 N–H and O–H groups in total. The van der Waals surface area contributed by atoms with Crippen LogP contribution >= 0.6 is 0 Å². The van der Waals surface area contributed by atoms with E-state index in [-0.39, 0.29) is 22.8 Å². The van der Waals surface area contributed by atoms with Crippen molar-refractivity contribution in [2.24, 2.45) is 0 Å². The van der Waals surface area contributed by atoms with Crippen LogP contribution in [-0.4, -0.2) is 42.8 Å². The zero-order chi connectivity index (χ0) is 22.3. The van der Waals surface area contributed by atoms with E-state index in [2.05, 4.69) is 10.6 Å². The lowest BCUT2D eigenvalue weighted by Gasteiger charge is -2.14. The minimum absolute atomic E-state index is 0.0768. The molecule has 0 saturated carbocycles. The van der Waals surface area contributed by atoms with Crippen molar-refractivity contribution in [2.75, 3.05) is 13.2 Å². The number of ketones is 1. The number of amides is 2. The molecule has 0 bridgehead atoms. The number of rotatable bonds is 8. The van der Waals surface area contributed by atoms with Crippen molar-refractivity contribution in [2.45, 2.75) is 33.7 Å². The van der Waals surface area contributed by atoms with Gasteiger partial charge in [-0.2, -0.15) is 0 Å². The van der Waals surface area contributed by atoms with Gasteiger partial charge in [0.15, 0.2) is 12.4 Å². The molecular formula is C23H26N2O5. The van der Waals surface area contributed by atoms with Crippen LogP contribution in [0.1, 0.15) is 51.3 Å². The summed E-state index contributed by atoms with van der Waals surface area (Å²) in [6, 6.07) is 11.1. The van der Waals surface area contributed by atoms with E-state index >= 15 is 0 Å². The lowest BCUT2D eigenvalue weighted by molar-refractivity contribution is -0.130. The number of ether oxygens (including phenoxy) is 1. The van der Waals surface area contributed by atoms with Crippen LogP contribution < -0.4 is 10.6 Å². The van der Waals surface area contributed by atoms with E-state index in [9.17, 15) is 19.2 Å². The van der Waals surface area contributed by atoms with Crippen LogP contribution in [0.3, 0.4) is 0 Å². The molecule has 0 aromatic heterocycles.